The third-order valence-corrected chi connectivity index (χ3v) is 3.20. The molecule has 0 N–H and O–H groups in total. The molecule has 14 heavy (non-hydrogen) atoms. The van der Waals surface area contributed by atoms with Crippen LogP contribution in [0.15, 0.2) is 23.3 Å². The van der Waals surface area contributed by atoms with Crippen LogP contribution in [0.3, 0.4) is 0 Å². The number of rotatable bonds is 0. The van der Waals surface area contributed by atoms with Crippen LogP contribution in [0, 0.1) is 11.8 Å². The van der Waals surface area contributed by atoms with Crippen LogP contribution in [0.2, 0.25) is 0 Å². The largest absolute Gasteiger partial charge is 0.294 e. The quantitative estimate of drug-likeness (QED) is 0.548. The molecular formula is C12H14O2. The summed E-state index contributed by atoms with van der Waals surface area (Å²) in [5, 5.41) is 0. The van der Waals surface area contributed by atoms with Crippen molar-refractivity contribution in [3.8, 4) is 0 Å². The topological polar surface area (TPSA) is 34.1 Å². The molecule has 0 spiro atoms. The van der Waals surface area contributed by atoms with E-state index in [1.54, 1.807) is 6.92 Å². The SMILES string of the molecule is CC1=CC[C@H]2C(=O)C(C)=CC(=O)[C@H]2C1. The highest BCUT2D eigenvalue weighted by Gasteiger charge is 2.38. The molecule has 0 radical (unpaired) electrons. The minimum atomic E-state index is -0.0730. The molecule has 0 unspecified atom stereocenters. The zero-order chi connectivity index (χ0) is 10.3. The lowest BCUT2D eigenvalue weighted by Gasteiger charge is -2.31. The van der Waals surface area contributed by atoms with Crippen molar-refractivity contribution in [3.63, 3.8) is 0 Å². The van der Waals surface area contributed by atoms with Crippen LogP contribution in [0.4, 0.5) is 0 Å². The zero-order valence-electron chi connectivity index (χ0n) is 8.54. The van der Waals surface area contributed by atoms with E-state index in [9.17, 15) is 9.59 Å². The van der Waals surface area contributed by atoms with Crippen molar-refractivity contribution in [2.75, 3.05) is 0 Å². The van der Waals surface area contributed by atoms with Gasteiger partial charge >= 0.3 is 0 Å². The summed E-state index contributed by atoms with van der Waals surface area (Å²) in [5.41, 5.74) is 1.87. The number of Topliss-reactive ketones (excluding diaryl/α,β-unsaturated/α-hetero) is 1. The number of carbonyl (C=O) groups is 2. The smallest absolute Gasteiger partial charge is 0.162 e. The Hall–Kier alpha value is -1.18. The number of hydrogen-bond donors (Lipinski definition) is 0. The Labute approximate surface area is 83.7 Å². The van der Waals surface area contributed by atoms with Crippen molar-refractivity contribution in [1.82, 2.24) is 0 Å². The highest BCUT2D eigenvalue weighted by atomic mass is 16.1. The van der Waals surface area contributed by atoms with E-state index in [0.717, 1.165) is 12.8 Å². The Bertz CT molecular complexity index is 361. The number of fused-ring (bicyclic) bond motifs is 1. The average Bonchev–Trinajstić information content (AvgIpc) is 2.14. The molecule has 2 heteroatoms. The van der Waals surface area contributed by atoms with Crippen LogP contribution in [-0.4, -0.2) is 11.6 Å². The lowest BCUT2D eigenvalue weighted by Crippen LogP contribution is -2.35. The number of ketones is 2. The van der Waals surface area contributed by atoms with Crippen LogP contribution in [0.1, 0.15) is 26.7 Å². The minimum absolute atomic E-state index is 0.0730. The second-order valence-electron chi connectivity index (χ2n) is 4.30. The molecule has 0 saturated heterocycles. The maximum absolute atomic E-state index is 11.8. The number of allylic oxidation sites excluding steroid dienone is 4. The van der Waals surface area contributed by atoms with Crippen molar-refractivity contribution in [2.24, 2.45) is 11.8 Å². The molecule has 0 aromatic carbocycles. The molecule has 2 atom stereocenters. The second-order valence-corrected chi connectivity index (χ2v) is 4.30. The van der Waals surface area contributed by atoms with Gasteiger partial charge in [0.15, 0.2) is 11.6 Å². The number of hydrogen-bond acceptors (Lipinski definition) is 2. The summed E-state index contributed by atoms with van der Waals surface area (Å²) in [6.45, 7) is 3.76. The third kappa shape index (κ3) is 1.35. The first-order valence-electron chi connectivity index (χ1n) is 5.01. The summed E-state index contributed by atoms with van der Waals surface area (Å²) in [4.78, 5) is 23.4. The molecule has 0 aromatic heterocycles. The molecule has 2 aliphatic rings. The van der Waals surface area contributed by atoms with Gasteiger partial charge in [-0.25, -0.2) is 0 Å². The number of carbonyl (C=O) groups excluding carboxylic acids is 2. The Kier molecular flexibility index (Phi) is 2.14. The van der Waals surface area contributed by atoms with Crippen LogP contribution in [0.25, 0.3) is 0 Å². The van der Waals surface area contributed by atoms with Crippen molar-refractivity contribution >= 4 is 11.6 Å². The fourth-order valence-electron chi connectivity index (χ4n) is 2.34. The standard InChI is InChI=1S/C12H14O2/c1-7-3-4-9-10(5-7)11(13)6-8(2)12(9)14/h3,6,9-10H,4-5H2,1-2H3/t9-,10+/m1/s1. The molecule has 2 rings (SSSR count). The Morgan fingerprint density at radius 2 is 1.93 bits per heavy atom. The first kappa shape index (κ1) is 9.38. The second kappa shape index (κ2) is 3.19. The van der Waals surface area contributed by atoms with E-state index in [1.165, 1.54) is 11.6 Å². The van der Waals surface area contributed by atoms with Crippen molar-refractivity contribution < 1.29 is 9.59 Å². The first-order chi connectivity index (χ1) is 6.59. The van der Waals surface area contributed by atoms with Gasteiger partial charge in [0, 0.05) is 11.8 Å². The lowest BCUT2D eigenvalue weighted by molar-refractivity contribution is -0.129. The van der Waals surface area contributed by atoms with Gasteiger partial charge in [-0.1, -0.05) is 11.6 Å². The monoisotopic (exact) mass is 190 g/mol. The van der Waals surface area contributed by atoms with Gasteiger partial charge in [-0.15, -0.1) is 0 Å². The third-order valence-electron chi connectivity index (χ3n) is 3.20. The molecule has 0 bridgehead atoms. The van der Waals surface area contributed by atoms with Crippen LogP contribution < -0.4 is 0 Å². The summed E-state index contributed by atoms with van der Waals surface area (Å²) in [5.74, 6) is 0.158. The van der Waals surface area contributed by atoms with Gasteiger partial charge in [0.2, 0.25) is 0 Å². The molecular weight excluding hydrogens is 176 g/mol. The Balaban J connectivity index is 2.36. The molecule has 0 heterocycles. The van der Waals surface area contributed by atoms with Crippen LogP contribution in [0.5, 0.6) is 0 Å². The van der Waals surface area contributed by atoms with Gasteiger partial charge in [0.25, 0.3) is 0 Å². The lowest BCUT2D eigenvalue weighted by atomic mass is 9.71. The molecule has 0 fully saturated rings. The van der Waals surface area contributed by atoms with Gasteiger partial charge in [0.05, 0.1) is 0 Å². The van der Waals surface area contributed by atoms with Gasteiger partial charge in [0.1, 0.15) is 0 Å². The molecule has 0 saturated carbocycles. The fraction of sp³-hybridized carbons (Fsp3) is 0.500. The maximum atomic E-state index is 11.8. The van der Waals surface area contributed by atoms with Crippen LogP contribution in [-0.2, 0) is 9.59 Å². The van der Waals surface area contributed by atoms with Crippen LogP contribution >= 0.6 is 0 Å². The normalized spacial score (nSPS) is 32.1. The average molecular weight is 190 g/mol. The van der Waals surface area contributed by atoms with E-state index in [0.29, 0.717) is 5.57 Å². The van der Waals surface area contributed by atoms with E-state index in [1.807, 2.05) is 6.92 Å². The van der Waals surface area contributed by atoms with Crippen molar-refractivity contribution in [1.29, 1.82) is 0 Å². The fourth-order valence-corrected chi connectivity index (χ4v) is 2.34. The molecule has 0 aliphatic heterocycles. The van der Waals surface area contributed by atoms with Gasteiger partial charge in [-0.2, -0.15) is 0 Å². The molecule has 2 aliphatic carbocycles. The Morgan fingerprint density at radius 1 is 1.21 bits per heavy atom. The predicted molar refractivity (Wildman–Crippen MR) is 53.7 cm³/mol. The van der Waals surface area contributed by atoms with E-state index in [4.69, 9.17) is 0 Å². The van der Waals surface area contributed by atoms with Gasteiger partial charge in [-0.3, -0.25) is 9.59 Å². The van der Waals surface area contributed by atoms with E-state index in [2.05, 4.69) is 6.08 Å². The highest BCUT2D eigenvalue weighted by molar-refractivity contribution is 6.10. The Morgan fingerprint density at radius 3 is 2.64 bits per heavy atom. The van der Waals surface area contributed by atoms with Gasteiger partial charge in [-0.05, 0) is 38.3 Å². The van der Waals surface area contributed by atoms with E-state index < -0.39 is 0 Å². The van der Waals surface area contributed by atoms with Crippen molar-refractivity contribution in [2.45, 2.75) is 26.7 Å². The minimum Gasteiger partial charge on any atom is -0.294 e. The zero-order valence-corrected chi connectivity index (χ0v) is 8.54. The van der Waals surface area contributed by atoms with E-state index in [-0.39, 0.29) is 23.4 Å². The molecule has 74 valence electrons. The van der Waals surface area contributed by atoms with Gasteiger partial charge < -0.3 is 0 Å². The van der Waals surface area contributed by atoms with Crippen molar-refractivity contribution in [3.05, 3.63) is 23.3 Å². The summed E-state index contributed by atoms with van der Waals surface area (Å²) < 4.78 is 0. The summed E-state index contributed by atoms with van der Waals surface area (Å²) in [6.07, 6.45) is 5.11. The summed E-state index contributed by atoms with van der Waals surface area (Å²) in [6, 6.07) is 0. The molecule has 0 amide bonds. The van der Waals surface area contributed by atoms with E-state index >= 15 is 0 Å². The highest BCUT2D eigenvalue weighted by Crippen LogP contribution is 2.35. The maximum Gasteiger partial charge on any atom is 0.162 e. The predicted octanol–water partition coefficient (Wildman–Crippen LogP) is 2.06. The molecule has 0 aromatic rings. The summed E-state index contributed by atoms with van der Waals surface area (Å²) in [7, 11) is 0. The first-order valence-corrected chi connectivity index (χ1v) is 5.01. The molecule has 2 nitrogen and oxygen atoms in total. The summed E-state index contributed by atoms with van der Waals surface area (Å²) >= 11 is 0.